The van der Waals surface area contributed by atoms with Crippen molar-refractivity contribution in [2.45, 2.75) is 31.7 Å². The van der Waals surface area contributed by atoms with Crippen LogP contribution in [0.5, 0.6) is 0 Å². The Hall–Kier alpha value is -4.29. The number of piperidine rings is 1. The monoisotopic (exact) mass is 513 g/mol. The molecule has 1 saturated heterocycles. The predicted molar refractivity (Wildman–Crippen MR) is 155 cm³/mol. The molecule has 6 aromatic rings. The number of para-hydroxylation sites is 1. The van der Waals surface area contributed by atoms with E-state index < -0.39 is 0 Å². The van der Waals surface area contributed by atoms with Gasteiger partial charge < -0.3 is 14.0 Å². The highest BCUT2D eigenvalue weighted by Crippen LogP contribution is 2.32. The predicted octanol–water partition coefficient (Wildman–Crippen LogP) is 7.18. The second-order valence-electron chi connectivity index (χ2n) is 10.4. The summed E-state index contributed by atoms with van der Waals surface area (Å²) in [6.45, 7) is 4.42. The molecule has 0 amide bonds. The quantitative estimate of drug-likeness (QED) is 0.226. The van der Waals surface area contributed by atoms with Crippen LogP contribution in [0.1, 0.15) is 30.7 Å². The number of hydrogen-bond acceptors (Lipinski definition) is 5. The zero-order valence-electron chi connectivity index (χ0n) is 21.9. The second kappa shape index (κ2) is 10.5. The smallest absolute Gasteiger partial charge is 0.276 e. The Morgan fingerprint density at radius 3 is 2.33 bits per heavy atom. The van der Waals surface area contributed by atoms with Gasteiger partial charge >= 0.3 is 0 Å². The van der Waals surface area contributed by atoms with Gasteiger partial charge in [0, 0.05) is 28.4 Å². The molecule has 0 saturated carbocycles. The molecule has 0 aliphatic carbocycles. The first-order valence-corrected chi connectivity index (χ1v) is 13.9. The van der Waals surface area contributed by atoms with Crippen LogP contribution in [0.15, 0.2) is 102 Å². The summed E-state index contributed by atoms with van der Waals surface area (Å²) in [5.41, 5.74) is 5.50. The van der Waals surface area contributed by atoms with Crippen LogP contribution in [0.3, 0.4) is 0 Å². The molecule has 0 bridgehead atoms. The number of nitrogens with zero attached hydrogens (tertiary/aromatic N) is 5. The average Bonchev–Trinajstić information content (AvgIpc) is 3.62. The third-order valence-corrected chi connectivity index (χ3v) is 8.05. The third-order valence-electron chi connectivity index (χ3n) is 8.05. The number of benzene rings is 3. The van der Waals surface area contributed by atoms with Crippen LogP contribution in [-0.4, -0.2) is 44.2 Å². The lowest BCUT2D eigenvalue weighted by atomic mass is 9.89. The molecule has 3 aromatic carbocycles. The summed E-state index contributed by atoms with van der Waals surface area (Å²) in [4.78, 5) is 12.0. The number of rotatable bonds is 7. The number of fused-ring (bicyclic) bond motifs is 3. The molecule has 0 spiro atoms. The van der Waals surface area contributed by atoms with Crippen molar-refractivity contribution in [3.63, 3.8) is 0 Å². The Balaban J connectivity index is 1.08. The van der Waals surface area contributed by atoms with Crippen LogP contribution in [0.25, 0.3) is 44.8 Å². The minimum Gasteiger partial charge on any atom is -0.339 e. The highest BCUT2D eigenvalue weighted by molar-refractivity contribution is 6.08. The first-order valence-electron chi connectivity index (χ1n) is 13.9. The fourth-order valence-corrected chi connectivity index (χ4v) is 6.00. The summed E-state index contributed by atoms with van der Waals surface area (Å²) in [5, 5.41) is 6.57. The van der Waals surface area contributed by atoms with Crippen LogP contribution >= 0.6 is 0 Å². The first kappa shape index (κ1) is 23.8. The standard InChI is InChI=1S/C33H31N5O/c1-3-10-24(11-4-1)25-16-20-37(21-17-25)18-9-19-38-30-15-8-7-14-27(30)28-22-29(34-23-31(28)38)33-35-32(36-39-33)26-12-5-2-6-13-26/h1-8,10-15,22-23,25H,9,16-21H2. The van der Waals surface area contributed by atoms with Gasteiger partial charge in [0.15, 0.2) is 0 Å². The first-order chi connectivity index (χ1) is 19.3. The van der Waals surface area contributed by atoms with Crippen LogP contribution < -0.4 is 0 Å². The lowest BCUT2D eigenvalue weighted by Crippen LogP contribution is -2.34. The van der Waals surface area contributed by atoms with Gasteiger partial charge in [-0.1, -0.05) is 84.0 Å². The van der Waals surface area contributed by atoms with Crippen molar-refractivity contribution in [3.8, 4) is 23.0 Å². The molecule has 1 aliphatic rings. The molecule has 4 heterocycles. The van der Waals surface area contributed by atoms with Crippen LogP contribution in [0, 0.1) is 0 Å². The second-order valence-corrected chi connectivity index (χ2v) is 10.4. The van der Waals surface area contributed by atoms with Gasteiger partial charge in [-0.2, -0.15) is 4.98 Å². The third kappa shape index (κ3) is 4.72. The van der Waals surface area contributed by atoms with E-state index in [1.165, 1.54) is 47.8 Å². The van der Waals surface area contributed by atoms with E-state index >= 15 is 0 Å². The Morgan fingerprint density at radius 1 is 0.769 bits per heavy atom. The van der Waals surface area contributed by atoms with Gasteiger partial charge in [0.2, 0.25) is 5.82 Å². The molecule has 1 aliphatic heterocycles. The Kier molecular flexibility index (Phi) is 6.39. The summed E-state index contributed by atoms with van der Waals surface area (Å²) < 4.78 is 8.02. The van der Waals surface area contributed by atoms with Crippen molar-refractivity contribution in [2.75, 3.05) is 19.6 Å². The maximum absolute atomic E-state index is 5.60. The van der Waals surface area contributed by atoms with Crippen LogP contribution in [-0.2, 0) is 6.54 Å². The molecular weight excluding hydrogens is 482 g/mol. The minimum atomic E-state index is 0.437. The molecule has 1 fully saturated rings. The van der Waals surface area contributed by atoms with Gasteiger partial charge in [0.1, 0.15) is 5.69 Å². The molecule has 3 aromatic heterocycles. The minimum absolute atomic E-state index is 0.437. The molecule has 0 unspecified atom stereocenters. The van der Waals surface area contributed by atoms with Gasteiger partial charge in [-0.3, -0.25) is 0 Å². The summed E-state index contributed by atoms with van der Waals surface area (Å²) in [7, 11) is 0. The van der Waals surface area contributed by atoms with E-state index in [4.69, 9.17) is 9.51 Å². The Labute approximate surface area is 227 Å². The summed E-state index contributed by atoms with van der Waals surface area (Å²) in [6.07, 6.45) is 5.56. The van der Waals surface area contributed by atoms with E-state index in [1.807, 2.05) is 36.5 Å². The van der Waals surface area contributed by atoms with Gasteiger partial charge in [-0.15, -0.1) is 0 Å². The van der Waals surface area contributed by atoms with Gasteiger partial charge in [-0.25, -0.2) is 4.98 Å². The molecule has 0 atom stereocenters. The molecule has 0 radical (unpaired) electrons. The molecule has 0 N–H and O–H groups in total. The summed E-state index contributed by atoms with van der Waals surface area (Å²) in [5.74, 6) is 1.71. The molecule has 7 rings (SSSR count). The van der Waals surface area contributed by atoms with E-state index in [0.29, 0.717) is 23.3 Å². The van der Waals surface area contributed by atoms with E-state index in [0.717, 1.165) is 30.6 Å². The molecular formula is C33H31N5O. The van der Waals surface area contributed by atoms with Crippen molar-refractivity contribution in [1.29, 1.82) is 0 Å². The SMILES string of the molecule is c1ccc(-c2noc(-c3cc4c5ccccc5n(CCCN5CCC(c6ccccc6)CC5)c4cn3)n2)cc1. The van der Waals surface area contributed by atoms with E-state index in [9.17, 15) is 0 Å². The Morgan fingerprint density at radius 2 is 1.51 bits per heavy atom. The topological polar surface area (TPSA) is 60.0 Å². The highest BCUT2D eigenvalue weighted by Gasteiger charge is 2.21. The van der Waals surface area contributed by atoms with E-state index in [-0.39, 0.29) is 0 Å². The summed E-state index contributed by atoms with van der Waals surface area (Å²) in [6, 6.07) is 31.6. The van der Waals surface area contributed by atoms with Crippen LogP contribution in [0.4, 0.5) is 0 Å². The fourth-order valence-electron chi connectivity index (χ4n) is 6.00. The number of pyridine rings is 1. The zero-order valence-corrected chi connectivity index (χ0v) is 21.9. The zero-order chi connectivity index (χ0) is 26.0. The number of likely N-dealkylation sites (tertiary alicyclic amines) is 1. The van der Waals surface area contributed by atoms with Gasteiger partial charge in [0.25, 0.3) is 5.89 Å². The largest absolute Gasteiger partial charge is 0.339 e. The normalized spacial score (nSPS) is 14.9. The van der Waals surface area contributed by atoms with Crippen molar-refractivity contribution < 1.29 is 4.52 Å². The highest BCUT2D eigenvalue weighted by atomic mass is 16.5. The number of aromatic nitrogens is 4. The Bertz CT molecular complexity index is 1700. The maximum atomic E-state index is 5.60. The van der Waals surface area contributed by atoms with Crippen LogP contribution in [0.2, 0.25) is 0 Å². The molecule has 194 valence electrons. The van der Waals surface area contributed by atoms with Crippen molar-refractivity contribution >= 4 is 21.8 Å². The van der Waals surface area contributed by atoms with Gasteiger partial charge in [-0.05, 0) is 62.5 Å². The molecule has 39 heavy (non-hydrogen) atoms. The number of hydrogen-bond donors (Lipinski definition) is 0. The van der Waals surface area contributed by atoms with E-state index in [2.05, 4.69) is 80.3 Å². The lowest BCUT2D eigenvalue weighted by Gasteiger charge is -2.32. The molecule has 6 nitrogen and oxygen atoms in total. The van der Waals surface area contributed by atoms with Gasteiger partial charge in [0.05, 0.1) is 11.7 Å². The van der Waals surface area contributed by atoms with Crippen molar-refractivity contribution in [1.82, 2.24) is 24.6 Å². The summed E-state index contributed by atoms with van der Waals surface area (Å²) >= 11 is 0. The van der Waals surface area contributed by atoms with Crippen molar-refractivity contribution in [3.05, 3.63) is 103 Å². The lowest BCUT2D eigenvalue weighted by molar-refractivity contribution is 0.207. The number of aryl methyl sites for hydroxylation is 1. The average molecular weight is 514 g/mol. The fraction of sp³-hybridized carbons (Fsp3) is 0.242. The van der Waals surface area contributed by atoms with Crippen molar-refractivity contribution in [2.24, 2.45) is 0 Å². The maximum Gasteiger partial charge on any atom is 0.276 e. The molecule has 6 heteroatoms. The van der Waals surface area contributed by atoms with E-state index in [1.54, 1.807) is 0 Å².